The Hall–Kier alpha value is 0.387. The second-order valence-electron chi connectivity index (χ2n) is 2.47. The lowest BCUT2D eigenvalue weighted by Crippen LogP contribution is -2.23. The van der Waals surface area contributed by atoms with Crippen molar-refractivity contribution in [3.63, 3.8) is 0 Å². The summed E-state index contributed by atoms with van der Waals surface area (Å²) < 4.78 is 15.9. The van der Waals surface area contributed by atoms with E-state index >= 15 is 0 Å². The number of halogens is 1. The Morgan fingerprint density at radius 3 is 2.31 bits per heavy atom. The van der Waals surface area contributed by atoms with Crippen molar-refractivity contribution >= 4 is 21.4 Å². The normalized spacial score (nSPS) is 12.0. The molecular formula is C8H19ClO3Si. The molecule has 0 aromatic rings. The fourth-order valence-corrected chi connectivity index (χ4v) is 2.30. The maximum Gasteiger partial charge on any atom is 0.261 e. The average molecular weight is 227 g/mol. The molecule has 0 heterocycles. The Balaban J connectivity index is 3.33. The molecular weight excluding hydrogens is 208 g/mol. The maximum absolute atomic E-state index is 5.54. The van der Waals surface area contributed by atoms with Crippen molar-refractivity contribution in [3.05, 3.63) is 0 Å². The Morgan fingerprint density at radius 2 is 1.85 bits per heavy atom. The van der Waals surface area contributed by atoms with Gasteiger partial charge in [0.1, 0.15) is 0 Å². The van der Waals surface area contributed by atoms with Gasteiger partial charge in [-0.2, -0.15) is 0 Å². The van der Waals surface area contributed by atoms with E-state index in [2.05, 4.69) is 0 Å². The van der Waals surface area contributed by atoms with E-state index < -0.39 is 16.2 Å². The minimum atomic E-state index is -0.522. The molecule has 0 bridgehead atoms. The summed E-state index contributed by atoms with van der Waals surface area (Å²) in [6.45, 7) is 4.64. The molecule has 0 radical (unpaired) electrons. The molecule has 3 nitrogen and oxygen atoms in total. The third-order valence-electron chi connectivity index (χ3n) is 1.39. The molecule has 0 aromatic heterocycles. The molecule has 0 rings (SSSR count). The second kappa shape index (κ2) is 10.5. The lowest BCUT2D eigenvalue weighted by Gasteiger charge is -2.17. The zero-order chi connectivity index (χ0) is 9.94. The number of rotatable bonds is 9. The number of hydrogen-bond acceptors (Lipinski definition) is 3. The van der Waals surface area contributed by atoms with Crippen LogP contribution in [0.1, 0.15) is 20.3 Å². The van der Waals surface area contributed by atoms with Crippen LogP contribution >= 0.6 is 11.6 Å². The molecule has 0 atom stereocenters. The Kier molecular flexibility index (Phi) is 10.8. The van der Waals surface area contributed by atoms with Crippen molar-refractivity contribution in [3.8, 4) is 0 Å². The fraction of sp³-hybridized carbons (Fsp3) is 1.00. The van der Waals surface area contributed by atoms with Crippen LogP contribution in [0.5, 0.6) is 0 Å². The van der Waals surface area contributed by atoms with Crippen molar-refractivity contribution in [1.29, 1.82) is 0 Å². The molecule has 0 spiro atoms. The minimum Gasteiger partial charge on any atom is -0.379 e. The van der Waals surface area contributed by atoms with Gasteiger partial charge >= 0.3 is 0 Å². The first-order valence-electron chi connectivity index (χ1n) is 4.75. The van der Waals surface area contributed by atoms with Crippen molar-refractivity contribution in [2.45, 2.75) is 32.8 Å². The summed E-state index contributed by atoms with van der Waals surface area (Å²) in [5.74, 6) is 0.713. The predicted molar refractivity (Wildman–Crippen MR) is 56.8 cm³/mol. The van der Waals surface area contributed by atoms with Crippen LogP contribution in [-0.2, 0) is 13.9 Å². The molecule has 0 N–H and O–H groups in total. The SMILES string of the molecule is CCOC(OCC)O[SiH2]CCCCl. The van der Waals surface area contributed by atoms with Crippen LogP contribution in [-0.4, -0.2) is 35.3 Å². The zero-order valence-electron chi connectivity index (χ0n) is 8.42. The highest BCUT2D eigenvalue weighted by Crippen LogP contribution is 1.99. The zero-order valence-corrected chi connectivity index (χ0v) is 10.6. The summed E-state index contributed by atoms with van der Waals surface area (Å²) >= 11 is 5.54. The predicted octanol–water partition coefficient (Wildman–Crippen LogP) is 1.49. The number of hydrogen-bond donors (Lipinski definition) is 0. The van der Waals surface area contributed by atoms with Crippen LogP contribution in [0.15, 0.2) is 0 Å². The molecule has 0 aliphatic carbocycles. The maximum atomic E-state index is 5.54. The Labute approximate surface area is 87.6 Å². The summed E-state index contributed by atoms with van der Waals surface area (Å²) in [4.78, 5) is 0. The Bertz CT molecular complexity index is 99.4. The highest BCUT2D eigenvalue weighted by atomic mass is 35.5. The summed E-state index contributed by atoms with van der Waals surface area (Å²) in [7, 11) is -0.522. The Morgan fingerprint density at radius 1 is 1.23 bits per heavy atom. The van der Waals surface area contributed by atoms with E-state index in [1.807, 2.05) is 13.8 Å². The largest absolute Gasteiger partial charge is 0.379 e. The van der Waals surface area contributed by atoms with Crippen LogP contribution in [0.25, 0.3) is 0 Å². The summed E-state index contributed by atoms with van der Waals surface area (Å²) in [5, 5.41) is 0. The van der Waals surface area contributed by atoms with E-state index in [1.54, 1.807) is 0 Å². The van der Waals surface area contributed by atoms with Crippen molar-refractivity contribution < 1.29 is 13.9 Å². The lowest BCUT2D eigenvalue weighted by molar-refractivity contribution is -0.243. The van der Waals surface area contributed by atoms with Crippen LogP contribution in [0.3, 0.4) is 0 Å². The highest BCUT2D eigenvalue weighted by molar-refractivity contribution is 6.27. The van der Waals surface area contributed by atoms with Gasteiger partial charge in [0.2, 0.25) is 0 Å². The van der Waals surface area contributed by atoms with Gasteiger partial charge in [0.25, 0.3) is 6.48 Å². The van der Waals surface area contributed by atoms with E-state index in [0.717, 1.165) is 12.5 Å². The molecule has 0 aromatic carbocycles. The van der Waals surface area contributed by atoms with Crippen molar-refractivity contribution in [1.82, 2.24) is 0 Å². The first-order chi connectivity index (χ1) is 6.35. The van der Waals surface area contributed by atoms with Gasteiger partial charge in [-0.05, 0) is 26.3 Å². The van der Waals surface area contributed by atoms with Crippen LogP contribution < -0.4 is 0 Å². The van der Waals surface area contributed by atoms with Gasteiger partial charge in [0.15, 0.2) is 9.76 Å². The standard InChI is InChI=1S/C8H19ClO3Si/c1-3-10-8(11-4-2)12-13-7-5-6-9/h8H,3-7,13H2,1-2H3. The molecule has 80 valence electrons. The van der Waals surface area contributed by atoms with Crippen LogP contribution in [0.4, 0.5) is 0 Å². The van der Waals surface area contributed by atoms with E-state index in [9.17, 15) is 0 Å². The summed E-state index contributed by atoms with van der Waals surface area (Å²) in [6.07, 6.45) is 1.03. The first-order valence-corrected chi connectivity index (χ1v) is 6.87. The first kappa shape index (κ1) is 13.4. The third-order valence-corrected chi connectivity index (χ3v) is 2.95. The molecule has 0 unspecified atom stereocenters. The monoisotopic (exact) mass is 226 g/mol. The molecule has 0 aliphatic heterocycles. The lowest BCUT2D eigenvalue weighted by atomic mass is 10.6. The van der Waals surface area contributed by atoms with Crippen molar-refractivity contribution in [2.75, 3.05) is 19.1 Å². The quantitative estimate of drug-likeness (QED) is 0.258. The smallest absolute Gasteiger partial charge is 0.261 e. The molecule has 0 amide bonds. The van der Waals surface area contributed by atoms with E-state index in [0.29, 0.717) is 19.1 Å². The molecule has 0 saturated heterocycles. The van der Waals surface area contributed by atoms with Crippen molar-refractivity contribution in [2.24, 2.45) is 0 Å². The molecule has 0 fully saturated rings. The molecule has 0 aliphatic rings. The summed E-state index contributed by atoms with van der Waals surface area (Å²) in [6, 6.07) is 1.08. The van der Waals surface area contributed by atoms with Gasteiger partial charge in [-0.15, -0.1) is 11.6 Å². The topological polar surface area (TPSA) is 27.7 Å². The van der Waals surface area contributed by atoms with E-state index in [1.165, 1.54) is 0 Å². The average Bonchev–Trinajstić information content (AvgIpc) is 2.13. The van der Waals surface area contributed by atoms with E-state index in [4.69, 9.17) is 25.5 Å². The van der Waals surface area contributed by atoms with Gasteiger partial charge < -0.3 is 13.9 Å². The number of alkyl halides is 1. The minimum absolute atomic E-state index is 0.447. The third kappa shape index (κ3) is 8.71. The van der Waals surface area contributed by atoms with Gasteiger partial charge in [-0.3, -0.25) is 0 Å². The number of ether oxygens (including phenoxy) is 2. The van der Waals surface area contributed by atoms with Gasteiger partial charge in [0, 0.05) is 19.1 Å². The molecule has 13 heavy (non-hydrogen) atoms. The summed E-state index contributed by atoms with van der Waals surface area (Å²) in [5.41, 5.74) is 0. The second-order valence-corrected chi connectivity index (χ2v) is 4.29. The fourth-order valence-electron chi connectivity index (χ4n) is 0.793. The van der Waals surface area contributed by atoms with Gasteiger partial charge in [-0.25, -0.2) is 0 Å². The van der Waals surface area contributed by atoms with Crippen LogP contribution in [0, 0.1) is 0 Å². The van der Waals surface area contributed by atoms with E-state index in [-0.39, 0.29) is 0 Å². The molecule has 0 saturated carbocycles. The van der Waals surface area contributed by atoms with Gasteiger partial charge in [-0.1, -0.05) is 0 Å². The van der Waals surface area contributed by atoms with Crippen LogP contribution in [0.2, 0.25) is 6.04 Å². The van der Waals surface area contributed by atoms with Gasteiger partial charge in [0.05, 0.1) is 0 Å². The highest BCUT2D eigenvalue weighted by Gasteiger charge is 2.06. The molecule has 5 heteroatoms.